The molecule has 0 radical (unpaired) electrons. The minimum absolute atomic E-state index is 0.233. The Morgan fingerprint density at radius 3 is 2.46 bits per heavy atom. The van der Waals surface area contributed by atoms with Gasteiger partial charge in [-0.05, 0) is 31.6 Å². The molecule has 1 heterocycles. The lowest BCUT2D eigenvalue weighted by Crippen LogP contribution is -2.38. The summed E-state index contributed by atoms with van der Waals surface area (Å²) < 4.78 is 0. The Kier molecular flexibility index (Phi) is 3.34. The Balaban J connectivity index is 0.000000396. The van der Waals surface area contributed by atoms with Crippen molar-refractivity contribution in [2.24, 2.45) is 5.92 Å². The third-order valence-corrected chi connectivity index (χ3v) is 3.09. The van der Waals surface area contributed by atoms with Crippen molar-refractivity contribution in [1.82, 2.24) is 5.32 Å². The number of rotatable bonds is 0. The number of carbonyl (C=O) groups is 1. The molecule has 1 spiro atoms. The Morgan fingerprint density at radius 1 is 1.38 bits per heavy atom. The van der Waals surface area contributed by atoms with E-state index in [0.29, 0.717) is 0 Å². The molecular formula is C11H21NO. The van der Waals surface area contributed by atoms with Crippen molar-refractivity contribution >= 4 is 5.91 Å². The summed E-state index contributed by atoms with van der Waals surface area (Å²) in [5, 5.41) is 3.12. The van der Waals surface area contributed by atoms with Gasteiger partial charge in [-0.25, -0.2) is 0 Å². The molecule has 0 aromatic heterocycles. The molecule has 0 aromatic rings. The molecule has 1 aliphatic carbocycles. The van der Waals surface area contributed by atoms with Crippen molar-refractivity contribution in [3.63, 3.8) is 0 Å². The second kappa shape index (κ2) is 4.12. The highest BCUT2D eigenvalue weighted by molar-refractivity contribution is 5.79. The fourth-order valence-electron chi connectivity index (χ4n) is 2.51. The van der Waals surface area contributed by atoms with Crippen molar-refractivity contribution < 1.29 is 4.79 Å². The topological polar surface area (TPSA) is 29.1 Å². The van der Waals surface area contributed by atoms with Gasteiger partial charge in [0.05, 0.1) is 0 Å². The molecule has 0 aromatic carbocycles. The lowest BCUT2D eigenvalue weighted by atomic mass is 9.95. The molecule has 1 aliphatic heterocycles. The molecule has 1 N–H and O–H groups in total. The maximum absolute atomic E-state index is 11.0. The van der Waals surface area contributed by atoms with E-state index in [0.717, 1.165) is 18.8 Å². The van der Waals surface area contributed by atoms with Crippen molar-refractivity contribution in [3.8, 4) is 0 Å². The number of nitrogens with one attached hydrogen (secondary N) is 1. The zero-order chi connectivity index (χ0) is 9.90. The Bertz CT molecular complexity index is 191. The van der Waals surface area contributed by atoms with Gasteiger partial charge in [0.25, 0.3) is 0 Å². The number of hydrogen-bond acceptors (Lipinski definition) is 1. The van der Waals surface area contributed by atoms with Gasteiger partial charge in [-0.3, -0.25) is 4.79 Å². The van der Waals surface area contributed by atoms with Crippen molar-refractivity contribution in [3.05, 3.63) is 0 Å². The average Bonchev–Trinajstić information content (AvgIpc) is 2.65. The van der Waals surface area contributed by atoms with Gasteiger partial charge in [0.15, 0.2) is 0 Å². The van der Waals surface area contributed by atoms with Gasteiger partial charge in [0.1, 0.15) is 0 Å². The molecule has 2 nitrogen and oxygen atoms in total. The van der Waals surface area contributed by atoms with Crippen LogP contribution < -0.4 is 5.32 Å². The first-order valence-corrected chi connectivity index (χ1v) is 5.51. The van der Waals surface area contributed by atoms with Crippen LogP contribution >= 0.6 is 0 Å². The number of amides is 1. The monoisotopic (exact) mass is 183 g/mol. The Hall–Kier alpha value is -0.530. The van der Waals surface area contributed by atoms with E-state index in [2.05, 4.69) is 12.2 Å². The highest BCUT2D eigenvalue weighted by Crippen LogP contribution is 2.39. The van der Waals surface area contributed by atoms with E-state index in [1.165, 1.54) is 19.3 Å². The maximum Gasteiger partial charge on any atom is 0.220 e. The Morgan fingerprint density at radius 2 is 2.08 bits per heavy atom. The molecule has 0 bridgehead atoms. The van der Waals surface area contributed by atoms with E-state index in [1.807, 2.05) is 13.8 Å². The highest BCUT2D eigenvalue weighted by Gasteiger charge is 2.42. The van der Waals surface area contributed by atoms with Gasteiger partial charge < -0.3 is 5.32 Å². The van der Waals surface area contributed by atoms with E-state index >= 15 is 0 Å². The smallest absolute Gasteiger partial charge is 0.220 e. The first-order chi connectivity index (χ1) is 6.20. The van der Waals surface area contributed by atoms with Crippen LogP contribution in [0.4, 0.5) is 0 Å². The molecule has 1 saturated carbocycles. The number of carbonyl (C=O) groups excluding carboxylic acids is 1. The van der Waals surface area contributed by atoms with E-state index in [9.17, 15) is 4.79 Å². The van der Waals surface area contributed by atoms with E-state index in [4.69, 9.17) is 0 Å². The van der Waals surface area contributed by atoms with Crippen LogP contribution in [0.25, 0.3) is 0 Å². The SMILES string of the molecule is CC.CC1CCC2(CCC(=O)N2)C1. The first kappa shape index (κ1) is 10.6. The molecule has 1 saturated heterocycles. The fraction of sp³-hybridized carbons (Fsp3) is 0.909. The summed E-state index contributed by atoms with van der Waals surface area (Å²) in [4.78, 5) is 11.0. The van der Waals surface area contributed by atoms with Crippen LogP contribution in [-0.2, 0) is 4.79 Å². The van der Waals surface area contributed by atoms with Crippen LogP contribution in [-0.4, -0.2) is 11.4 Å². The predicted molar refractivity (Wildman–Crippen MR) is 54.5 cm³/mol. The van der Waals surface area contributed by atoms with Crippen LogP contribution in [0.5, 0.6) is 0 Å². The normalized spacial score (nSPS) is 37.2. The first-order valence-electron chi connectivity index (χ1n) is 5.51. The molecule has 2 heteroatoms. The fourth-order valence-corrected chi connectivity index (χ4v) is 2.51. The average molecular weight is 183 g/mol. The summed E-state index contributed by atoms with van der Waals surface area (Å²) in [6.45, 7) is 6.28. The van der Waals surface area contributed by atoms with E-state index in [1.54, 1.807) is 0 Å². The van der Waals surface area contributed by atoms with Crippen LogP contribution in [0.15, 0.2) is 0 Å². The lowest BCUT2D eigenvalue weighted by molar-refractivity contribution is -0.119. The van der Waals surface area contributed by atoms with E-state index in [-0.39, 0.29) is 11.4 Å². The molecule has 2 atom stereocenters. The van der Waals surface area contributed by atoms with Gasteiger partial charge in [0, 0.05) is 12.0 Å². The second-order valence-electron chi connectivity index (χ2n) is 4.18. The summed E-state index contributed by atoms with van der Waals surface area (Å²) in [6.07, 6.45) is 5.54. The third kappa shape index (κ3) is 2.23. The molecule has 13 heavy (non-hydrogen) atoms. The molecule has 2 fully saturated rings. The van der Waals surface area contributed by atoms with Crippen LogP contribution in [0.1, 0.15) is 52.9 Å². The largest absolute Gasteiger partial charge is 0.351 e. The summed E-state index contributed by atoms with van der Waals surface area (Å²) >= 11 is 0. The molecule has 2 unspecified atom stereocenters. The predicted octanol–water partition coefficient (Wildman–Crippen LogP) is 2.48. The minimum atomic E-state index is 0.233. The van der Waals surface area contributed by atoms with Crippen LogP contribution in [0, 0.1) is 5.92 Å². The van der Waals surface area contributed by atoms with Gasteiger partial charge in [0.2, 0.25) is 5.91 Å². The summed E-state index contributed by atoms with van der Waals surface area (Å²) in [5.74, 6) is 1.08. The van der Waals surface area contributed by atoms with Crippen molar-refractivity contribution in [2.75, 3.05) is 0 Å². The van der Waals surface area contributed by atoms with Crippen molar-refractivity contribution in [2.45, 2.75) is 58.4 Å². The second-order valence-corrected chi connectivity index (χ2v) is 4.18. The summed E-state index contributed by atoms with van der Waals surface area (Å²) in [6, 6.07) is 0. The highest BCUT2D eigenvalue weighted by atomic mass is 16.2. The van der Waals surface area contributed by atoms with Crippen LogP contribution in [0.3, 0.4) is 0 Å². The third-order valence-electron chi connectivity index (χ3n) is 3.09. The summed E-state index contributed by atoms with van der Waals surface area (Å²) in [5.41, 5.74) is 0.233. The minimum Gasteiger partial charge on any atom is -0.351 e. The maximum atomic E-state index is 11.0. The van der Waals surface area contributed by atoms with Gasteiger partial charge in [-0.1, -0.05) is 20.8 Å². The quantitative estimate of drug-likeness (QED) is 0.614. The molecular weight excluding hydrogens is 162 g/mol. The van der Waals surface area contributed by atoms with E-state index < -0.39 is 0 Å². The van der Waals surface area contributed by atoms with Crippen molar-refractivity contribution in [1.29, 1.82) is 0 Å². The standard InChI is InChI=1S/C9H15NO.C2H6/c1-7-2-4-9(6-7)5-3-8(11)10-9;1-2/h7H,2-6H2,1H3,(H,10,11);1-2H3. The lowest BCUT2D eigenvalue weighted by Gasteiger charge is -2.22. The van der Waals surface area contributed by atoms with Gasteiger partial charge in [-0.15, -0.1) is 0 Å². The summed E-state index contributed by atoms with van der Waals surface area (Å²) in [7, 11) is 0. The molecule has 2 rings (SSSR count). The zero-order valence-electron chi connectivity index (χ0n) is 9.02. The van der Waals surface area contributed by atoms with Gasteiger partial charge >= 0.3 is 0 Å². The van der Waals surface area contributed by atoms with Crippen LogP contribution in [0.2, 0.25) is 0 Å². The zero-order valence-corrected chi connectivity index (χ0v) is 9.02. The number of hydrogen-bond donors (Lipinski definition) is 1. The van der Waals surface area contributed by atoms with Gasteiger partial charge in [-0.2, -0.15) is 0 Å². The molecule has 2 aliphatic rings. The molecule has 1 amide bonds. The molecule has 76 valence electrons. The Labute approximate surface area is 81.1 Å².